The van der Waals surface area contributed by atoms with Crippen molar-refractivity contribution in [1.29, 1.82) is 0 Å². The second-order valence-electron chi connectivity index (χ2n) is 8.51. The van der Waals surface area contributed by atoms with Gasteiger partial charge in [-0.3, -0.25) is 9.69 Å². The first-order valence-electron chi connectivity index (χ1n) is 11.6. The van der Waals surface area contributed by atoms with Crippen LogP contribution in [0.5, 0.6) is 5.75 Å². The van der Waals surface area contributed by atoms with E-state index in [2.05, 4.69) is 30.3 Å². The summed E-state index contributed by atoms with van der Waals surface area (Å²) in [6, 6.07) is 36.3. The third-order valence-electron chi connectivity index (χ3n) is 6.25. The van der Waals surface area contributed by atoms with Crippen LogP contribution in [0.2, 0.25) is 0 Å². The van der Waals surface area contributed by atoms with Crippen molar-refractivity contribution in [3.05, 3.63) is 125 Å². The van der Waals surface area contributed by atoms with E-state index in [0.717, 1.165) is 33.3 Å². The van der Waals surface area contributed by atoms with E-state index < -0.39 is 0 Å². The van der Waals surface area contributed by atoms with Crippen molar-refractivity contribution in [2.45, 2.75) is 6.61 Å². The molecule has 0 bridgehead atoms. The van der Waals surface area contributed by atoms with Crippen LogP contribution in [-0.4, -0.2) is 10.2 Å². The van der Waals surface area contributed by atoms with Gasteiger partial charge in [0.2, 0.25) is 0 Å². The van der Waals surface area contributed by atoms with Crippen LogP contribution in [0.15, 0.2) is 114 Å². The topological polar surface area (TPSA) is 29.5 Å². The summed E-state index contributed by atoms with van der Waals surface area (Å²) in [5.41, 5.74) is 2.89. The van der Waals surface area contributed by atoms with Crippen molar-refractivity contribution in [1.82, 2.24) is 0 Å². The molecule has 0 N–H and O–H groups in total. The van der Waals surface area contributed by atoms with Gasteiger partial charge in [0, 0.05) is 5.39 Å². The molecule has 1 saturated heterocycles. The molecule has 0 aromatic heterocycles. The third kappa shape index (κ3) is 4.28. The first kappa shape index (κ1) is 22.5. The molecular formula is C31H21NO2S2. The predicted octanol–water partition coefficient (Wildman–Crippen LogP) is 7.98. The van der Waals surface area contributed by atoms with E-state index in [4.69, 9.17) is 17.0 Å². The highest BCUT2D eigenvalue weighted by atomic mass is 32.2. The van der Waals surface area contributed by atoms with E-state index in [1.165, 1.54) is 22.5 Å². The van der Waals surface area contributed by atoms with E-state index in [1.807, 2.05) is 84.9 Å². The lowest BCUT2D eigenvalue weighted by atomic mass is 10.1. The van der Waals surface area contributed by atoms with Crippen LogP contribution in [0.25, 0.3) is 27.6 Å². The zero-order valence-corrected chi connectivity index (χ0v) is 20.9. The molecule has 0 atom stereocenters. The molecule has 0 spiro atoms. The fourth-order valence-corrected chi connectivity index (χ4v) is 5.75. The van der Waals surface area contributed by atoms with Crippen LogP contribution >= 0.6 is 24.0 Å². The van der Waals surface area contributed by atoms with Crippen molar-refractivity contribution in [3.8, 4) is 5.75 Å². The standard InChI is InChI=1S/C31H21NO2S2/c33-30-29(36-31(35)32(30)28-14-6-10-23-8-2-4-13-27(23)28)19-21-15-17-25(18-16-21)34-20-24-11-5-9-22-7-1-3-12-26(22)24/h1-19H,20H2/b29-19-. The summed E-state index contributed by atoms with van der Waals surface area (Å²) in [6.07, 6.45) is 1.89. The minimum atomic E-state index is -0.0994. The SMILES string of the molecule is O=C1/C(=C/c2ccc(OCc3cccc4ccccc34)cc2)SC(=S)N1c1cccc2ccccc12. The Hall–Kier alpha value is -3.93. The summed E-state index contributed by atoms with van der Waals surface area (Å²) in [5.74, 6) is 0.682. The average Bonchev–Trinajstić information content (AvgIpc) is 3.20. The summed E-state index contributed by atoms with van der Waals surface area (Å²) >= 11 is 6.93. The Morgan fingerprint density at radius 2 is 1.39 bits per heavy atom. The molecule has 1 amide bonds. The predicted molar refractivity (Wildman–Crippen MR) is 154 cm³/mol. The summed E-state index contributed by atoms with van der Waals surface area (Å²) in [4.78, 5) is 15.6. The van der Waals surface area contributed by atoms with Gasteiger partial charge in [-0.1, -0.05) is 115 Å². The van der Waals surface area contributed by atoms with Crippen molar-refractivity contribution in [2.75, 3.05) is 4.90 Å². The molecule has 174 valence electrons. The lowest BCUT2D eigenvalue weighted by molar-refractivity contribution is -0.113. The summed E-state index contributed by atoms with van der Waals surface area (Å²) in [5, 5.41) is 4.48. The van der Waals surface area contributed by atoms with Crippen LogP contribution in [0.1, 0.15) is 11.1 Å². The second kappa shape index (κ2) is 9.61. The average molecular weight is 504 g/mol. The fourth-order valence-electron chi connectivity index (χ4n) is 4.47. The maximum absolute atomic E-state index is 13.3. The Kier molecular flexibility index (Phi) is 6.01. The number of fused-ring (bicyclic) bond motifs is 2. The highest BCUT2D eigenvalue weighted by molar-refractivity contribution is 8.27. The number of hydrogen-bond acceptors (Lipinski definition) is 4. The summed E-state index contributed by atoms with van der Waals surface area (Å²) in [7, 11) is 0. The largest absolute Gasteiger partial charge is 0.489 e. The van der Waals surface area contributed by atoms with Gasteiger partial charge >= 0.3 is 0 Å². The zero-order valence-electron chi connectivity index (χ0n) is 19.3. The smallest absolute Gasteiger partial charge is 0.270 e. The maximum Gasteiger partial charge on any atom is 0.270 e. The number of hydrogen-bond donors (Lipinski definition) is 0. The Morgan fingerprint density at radius 3 is 2.17 bits per heavy atom. The maximum atomic E-state index is 13.3. The van der Waals surface area contributed by atoms with E-state index in [9.17, 15) is 4.79 Å². The van der Waals surface area contributed by atoms with E-state index in [1.54, 1.807) is 4.90 Å². The molecule has 1 fully saturated rings. The van der Waals surface area contributed by atoms with Crippen LogP contribution in [0.4, 0.5) is 5.69 Å². The lowest BCUT2D eigenvalue weighted by Crippen LogP contribution is -2.27. The quantitative estimate of drug-likeness (QED) is 0.180. The van der Waals surface area contributed by atoms with Gasteiger partial charge in [0.05, 0.1) is 10.6 Å². The molecule has 0 unspecified atom stereocenters. The number of amides is 1. The molecule has 36 heavy (non-hydrogen) atoms. The molecule has 0 saturated carbocycles. The summed E-state index contributed by atoms with van der Waals surface area (Å²) in [6.45, 7) is 0.490. The van der Waals surface area contributed by atoms with Crippen molar-refractivity contribution >= 4 is 67.5 Å². The molecule has 5 heteroatoms. The van der Waals surface area contributed by atoms with Crippen LogP contribution in [0.3, 0.4) is 0 Å². The molecule has 1 aliphatic rings. The molecule has 0 aliphatic carbocycles. The first-order chi connectivity index (χ1) is 17.7. The number of nitrogens with zero attached hydrogens (tertiary/aromatic N) is 1. The van der Waals surface area contributed by atoms with Gasteiger partial charge < -0.3 is 4.74 Å². The van der Waals surface area contributed by atoms with Gasteiger partial charge in [-0.2, -0.15) is 0 Å². The van der Waals surface area contributed by atoms with Crippen molar-refractivity contribution < 1.29 is 9.53 Å². The molecule has 5 aromatic rings. The van der Waals surface area contributed by atoms with Gasteiger partial charge in [-0.05, 0) is 51.6 Å². The first-order valence-corrected chi connectivity index (χ1v) is 12.8. The molecule has 5 aromatic carbocycles. The Balaban J connectivity index is 1.20. The number of carbonyl (C=O) groups is 1. The number of anilines is 1. The van der Waals surface area contributed by atoms with Crippen LogP contribution in [0, 0.1) is 0 Å². The van der Waals surface area contributed by atoms with E-state index in [-0.39, 0.29) is 5.91 Å². The molecule has 1 aliphatic heterocycles. The number of ether oxygens (including phenoxy) is 1. The third-order valence-corrected chi connectivity index (χ3v) is 7.56. The van der Waals surface area contributed by atoms with Gasteiger partial charge in [0.1, 0.15) is 12.4 Å². The molecule has 6 rings (SSSR count). The monoisotopic (exact) mass is 503 g/mol. The molecule has 3 nitrogen and oxygen atoms in total. The highest BCUT2D eigenvalue weighted by Gasteiger charge is 2.34. The number of thioether (sulfide) groups is 1. The second-order valence-corrected chi connectivity index (χ2v) is 10.2. The normalized spacial score (nSPS) is 14.8. The molecular weight excluding hydrogens is 482 g/mol. The van der Waals surface area contributed by atoms with Crippen molar-refractivity contribution in [3.63, 3.8) is 0 Å². The fraction of sp³-hybridized carbons (Fsp3) is 0.0323. The number of benzene rings is 5. The van der Waals surface area contributed by atoms with Gasteiger partial charge in [-0.15, -0.1) is 0 Å². The van der Waals surface area contributed by atoms with E-state index in [0.29, 0.717) is 15.8 Å². The highest BCUT2D eigenvalue weighted by Crippen LogP contribution is 2.39. The molecule has 0 radical (unpaired) electrons. The van der Waals surface area contributed by atoms with Crippen LogP contribution in [-0.2, 0) is 11.4 Å². The minimum Gasteiger partial charge on any atom is -0.489 e. The number of rotatable bonds is 5. The minimum absolute atomic E-state index is 0.0994. The van der Waals surface area contributed by atoms with Gasteiger partial charge in [0.15, 0.2) is 4.32 Å². The van der Waals surface area contributed by atoms with Gasteiger partial charge in [0.25, 0.3) is 5.91 Å². The Bertz CT molecular complexity index is 1650. The Morgan fingerprint density at radius 1 is 0.750 bits per heavy atom. The number of carbonyl (C=O) groups excluding carboxylic acids is 1. The van der Waals surface area contributed by atoms with E-state index >= 15 is 0 Å². The molecule has 1 heterocycles. The van der Waals surface area contributed by atoms with Crippen molar-refractivity contribution in [2.24, 2.45) is 0 Å². The lowest BCUT2D eigenvalue weighted by Gasteiger charge is -2.17. The van der Waals surface area contributed by atoms with Gasteiger partial charge in [-0.25, -0.2) is 0 Å². The Labute approximate surface area is 219 Å². The zero-order chi connectivity index (χ0) is 24.5. The van der Waals surface area contributed by atoms with Crippen LogP contribution < -0.4 is 9.64 Å². The summed E-state index contributed by atoms with van der Waals surface area (Å²) < 4.78 is 6.60. The number of thiocarbonyl (C=S) groups is 1.